The number of rotatable bonds is 3. The molecule has 0 heterocycles. The molecule has 0 aliphatic carbocycles. The molecule has 0 saturated heterocycles. The van der Waals surface area contributed by atoms with Crippen molar-refractivity contribution in [1.82, 2.24) is 0 Å². The monoisotopic (exact) mass is 243 g/mol. The van der Waals surface area contributed by atoms with Gasteiger partial charge in [-0.1, -0.05) is 43.3 Å². The smallest absolute Gasteiger partial charge is 0.211 e. The average molecular weight is 243 g/mol. The quantitative estimate of drug-likeness (QED) is 0.489. The van der Waals surface area contributed by atoms with E-state index in [1.807, 2.05) is 36.4 Å². The Morgan fingerprint density at radius 3 is 2.76 bits per heavy atom. The summed E-state index contributed by atoms with van der Waals surface area (Å²) in [4.78, 5) is 14.4. The summed E-state index contributed by atoms with van der Waals surface area (Å²) in [6.45, 7) is 2.06. The average Bonchev–Trinajstić information content (AvgIpc) is 2.38. The predicted octanol–water partition coefficient (Wildman–Crippen LogP) is 4.19. The van der Waals surface area contributed by atoms with Gasteiger partial charge in [0.2, 0.25) is 6.08 Å². The molecule has 17 heavy (non-hydrogen) atoms. The fourth-order valence-electron chi connectivity index (χ4n) is 1.93. The van der Waals surface area contributed by atoms with Crippen LogP contribution in [0.4, 0.5) is 5.69 Å². The maximum Gasteiger partial charge on any atom is 0.240 e. The van der Waals surface area contributed by atoms with Crippen LogP contribution in [0.3, 0.4) is 0 Å². The molecule has 2 rings (SSSR count). The van der Waals surface area contributed by atoms with Gasteiger partial charge in [-0.15, -0.1) is 0 Å². The molecule has 0 saturated carbocycles. The number of isocyanates is 1. The Morgan fingerprint density at radius 2 is 2.06 bits per heavy atom. The van der Waals surface area contributed by atoms with Gasteiger partial charge in [0, 0.05) is 10.6 Å². The standard InChI is InChI=1S/C14H13NOS/c1-2-13(17)12-8-7-10-5-3-4-6-11(10)14(12)15-9-16/h3-8,13,17H,2H2,1H3. The molecule has 1 unspecified atom stereocenters. The Hall–Kier alpha value is -1.57. The number of hydrogen-bond acceptors (Lipinski definition) is 3. The molecule has 2 aromatic rings. The van der Waals surface area contributed by atoms with E-state index in [1.54, 1.807) is 6.08 Å². The summed E-state index contributed by atoms with van der Waals surface area (Å²) >= 11 is 4.52. The van der Waals surface area contributed by atoms with Crippen LogP contribution in [0.25, 0.3) is 10.8 Å². The van der Waals surface area contributed by atoms with Crippen molar-refractivity contribution in [2.75, 3.05) is 0 Å². The molecule has 0 N–H and O–H groups in total. The van der Waals surface area contributed by atoms with Crippen LogP contribution in [0.1, 0.15) is 24.2 Å². The molecule has 0 amide bonds. The molecule has 0 radical (unpaired) electrons. The van der Waals surface area contributed by atoms with Crippen LogP contribution in [0.15, 0.2) is 41.4 Å². The second-order valence-corrected chi connectivity index (χ2v) is 4.48. The maximum absolute atomic E-state index is 10.6. The Balaban J connectivity index is 2.76. The van der Waals surface area contributed by atoms with Gasteiger partial charge in [0.15, 0.2) is 0 Å². The number of hydrogen-bond donors (Lipinski definition) is 1. The van der Waals surface area contributed by atoms with Crippen molar-refractivity contribution in [3.8, 4) is 0 Å². The van der Waals surface area contributed by atoms with E-state index in [0.29, 0.717) is 5.69 Å². The Kier molecular flexibility index (Phi) is 3.62. The Morgan fingerprint density at radius 1 is 1.29 bits per heavy atom. The highest BCUT2D eigenvalue weighted by atomic mass is 32.1. The van der Waals surface area contributed by atoms with Gasteiger partial charge < -0.3 is 0 Å². The van der Waals surface area contributed by atoms with Crippen LogP contribution in [0.2, 0.25) is 0 Å². The lowest BCUT2D eigenvalue weighted by atomic mass is 10.0. The molecular weight excluding hydrogens is 230 g/mol. The molecule has 2 nitrogen and oxygen atoms in total. The lowest BCUT2D eigenvalue weighted by Crippen LogP contribution is -1.90. The minimum Gasteiger partial charge on any atom is -0.211 e. The first-order valence-corrected chi connectivity index (χ1v) is 6.07. The molecule has 3 heteroatoms. The van der Waals surface area contributed by atoms with Crippen LogP contribution in [0.5, 0.6) is 0 Å². The number of aliphatic imine (C=N–C) groups is 1. The molecule has 0 fully saturated rings. The zero-order valence-corrected chi connectivity index (χ0v) is 10.4. The summed E-state index contributed by atoms with van der Waals surface area (Å²) in [5.41, 5.74) is 1.68. The van der Waals surface area contributed by atoms with E-state index >= 15 is 0 Å². The molecule has 0 aliphatic heterocycles. The van der Waals surface area contributed by atoms with Crippen molar-refractivity contribution in [2.24, 2.45) is 4.99 Å². The Bertz CT molecular complexity index is 588. The summed E-state index contributed by atoms with van der Waals surface area (Å²) in [6, 6.07) is 11.9. The SMILES string of the molecule is CCC(S)c1ccc2ccccc2c1N=C=O. The van der Waals surface area contributed by atoms with Crippen molar-refractivity contribution < 1.29 is 4.79 Å². The zero-order chi connectivity index (χ0) is 12.3. The van der Waals surface area contributed by atoms with Crippen molar-refractivity contribution in [3.05, 3.63) is 42.0 Å². The van der Waals surface area contributed by atoms with Crippen LogP contribution in [-0.4, -0.2) is 6.08 Å². The third-order valence-corrected chi connectivity index (χ3v) is 3.48. The summed E-state index contributed by atoms with van der Waals surface area (Å²) < 4.78 is 0. The topological polar surface area (TPSA) is 29.4 Å². The number of nitrogens with zero attached hydrogens (tertiary/aromatic N) is 1. The number of thiol groups is 1. The molecular formula is C14H13NOS. The lowest BCUT2D eigenvalue weighted by molar-refractivity contribution is 0.565. The van der Waals surface area contributed by atoms with Crippen molar-refractivity contribution in [2.45, 2.75) is 18.6 Å². The van der Waals surface area contributed by atoms with E-state index in [4.69, 9.17) is 0 Å². The molecule has 2 aromatic carbocycles. The van der Waals surface area contributed by atoms with Gasteiger partial charge in [0.25, 0.3) is 0 Å². The van der Waals surface area contributed by atoms with Crippen molar-refractivity contribution >= 4 is 35.2 Å². The fourth-order valence-corrected chi connectivity index (χ4v) is 2.14. The second kappa shape index (κ2) is 5.17. The third kappa shape index (κ3) is 2.26. The van der Waals surface area contributed by atoms with E-state index < -0.39 is 0 Å². The van der Waals surface area contributed by atoms with Crippen LogP contribution in [0, 0.1) is 0 Å². The second-order valence-electron chi connectivity index (χ2n) is 3.85. The van der Waals surface area contributed by atoms with E-state index in [0.717, 1.165) is 22.8 Å². The van der Waals surface area contributed by atoms with Crippen LogP contribution >= 0.6 is 12.6 Å². The minimum atomic E-state index is 0.0895. The molecule has 86 valence electrons. The fraction of sp³-hybridized carbons (Fsp3) is 0.214. The van der Waals surface area contributed by atoms with Gasteiger partial charge >= 0.3 is 0 Å². The molecule has 0 aromatic heterocycles. The van der Waals surface area contributed by atoms with E-state index in [9.17, 15) is 4.79 Å². The van der Waals surface area contributed by atoms with Gasteiger partial charge in [-0.3, -0.25) is 0 Å². The van der Waals surface area contributed by atoms with Gasteiger partial charge in [-0.05, 0) is 17.4 Å². The number of benzene rings is 2. The van der Waals surface area contributed by atoms with Gasteiger partial charge in [0.05, 0.1) is 5.69 Å². The number of fused-ring (bicyclic) bond motifs is 1. The maximum atomic E-state index is 10.6. The molecule has 0 bridgehead atoms. The highest BCUT2D eigenvalue weighted by molar-refractivity contribution is 7.80. The van der Waals surface area contributed by atoms with Crippen LogP contribution < -0.4 is 0 Å². The van der Waals surface area contributed by atoms with Crippen molar-refractivity contribution in [1.29, 1.82) is 0 Å². The normalized spacial score (nSPS) is 12.1. The van der Waals surface area contributed by atoms with Crippen molar-refractivity contribution in [3.63, 3.8) is 0 Å². The highest BCUT2D eigenvalue weighted by Gasteiger charge is 2.12. The van der Waals surface area contributed by atoms with Gasteiger partial charge in [-0.2, -0.15) is 17.6 Å². The first-order valence-electron chi connectivity index (χ1n) is 5.55. The first-order chi connectivity index (χ1) is 8.27. The zero-order valence-electron chi connectivity index (χ0n) is 9.55. The highest BCUT2D eigenvalue weighted by Crippen LogP contribution is 2.37. The third-order valence-electron chi connectivity index (χ3n) is 2.83. The molecule has 1 atom stereocenters. The minimum absolute atomic E-state index is 0.0895. The molecule has 0 spiro atoms. The first kappa shape index (κ1) is 11.9. The van der Waals surface area contributed by atoms with Crippen LogP contribution in [-0.2, 0) is 4.79 Å². The van der Waals surface area contributed by atoms with E-state index in [1.165, 1.54) is 0 Å². The van der Waals surface area contributed by atoms with Gasteiger partial charge in [-0.25, -0.2) is 4.79 Å². The summed E-state index contributed by atoms with van der Waals surface area (Å²) in [7, 11) is 0. The lowest BCUT2D eigenvalue weighted by Gasteiger charge is -2.12. The summed E-state index contributed by atoms with van der Waals surface area (Å²) in [5.74, 6) is 0. The number of carbonyl (C=O) groups excluding carboxylic acids is 1. The van der Waals surface area contributed by atoms with E-state index in [2.05, 4.69) is 24.5 Å². The Labute approximate surface area is 106 Å². The molecule has 0 aliphatic rings. The van der Waals surface area contributed by atoms with Gasteiger partial charge in [0.1, 0.15) is 0 Å². The largest absolute Gasteiger partial charge is 0.240 e. The summed E-state index contributed by atoms with van der Waals surface area (Å²) in [5, 5.41) is 2.13. The van der Waals surface area contributed by atoms with E-state index in [-0.39, 0.29) is 5.25 Å². The summed E-state index contributed by atoms with van der Waals surface area (Å²) in [6.07, 6.45) is 2.53. The predicted molar refractivity (Wildman–Crippen MR) is 73.7 cm³/mol.